The predicted molar refractivity (Wildman–Crippen MR) is 103 cm³/mol. The summed E-state index contributed by atoms with van der Waals surface area (Å²) in [7, 11) is 0. The molecule has 1 aliphatic carbocycles. The lowest BCUT2D eigenvalue weighted by Gasteiger charge is -2.27. The number of halogens is 2. The molecule has 1 aromatic rings. The summed E-state index contributed by atoms with van der Waals surface area (Å²) in [5.74, 6) is 0.637. The van der Waals surface area contributed by atoms with Crippen LogP contribution in [0.15, 0.2) is 36.4 Å². The van der Waals surface area contributed by atoms with Gasteiger partial charge in [0, 0.05) is 0 Å². The van der Waals surface area contributed by atoms with Crippen LogP contribution in [0, 0.1) is 5.92 Å². The molecule has 0 nitrogen and oxygen atoms in total. The fraction of sp³-hybridized carbons (Fsp3) is 0.652. The molecule has 2 heteroatoms. The Bertz CT molecular complexity index is 491. The molecule has 0 bridgehead atoms. The molecule has 0 aliphatic heterocycles. The molecule has 0 aromatic heterocycles. The van der Waals surface area contributed by atoms with E-state index in [4.69, 9.17) is 0 Å². The van der Waals surface area contributed by atoms with Gasteiger partial charge < -0.3 is 0 Å². The summed E-state index contributed by atoms with van der Waals surface area (Å²) >= 11 is 0. The molecular weight excluding hydrogens is 314 g/mol. The number of aryl methyl sites for hydroxylation is 1. The average Bonchev–Trinajstić information content (AvgIpc) is 2.62. The largest absolute Gasteiger partial charge is 0.266 e. The van der Waals surface area contributed by atoms with Crippen LogP contribution in [0.1, 0.15) is 94.6 Å². The van der Waals surface area contributed by atoms with Crippen LogP contribution in [0.3, 0.4) is 0 Å². The highest BCUT2D eigenvalue weighted by atomic mass is 19.3. The fourth-order valence-electron chi connectivity index (χ4n) is 4.04. The second-order valence-electron chi connectivity index (χ2n) is 7.68. The Morgan fingerprint density at radius 1 is 0.880 bits per heavy atom. The van der Waals surface area contributed by atoms with Crippen LogP contribution in [0.2, 0.25) is 0 Å². The Hall–Kier alpha value is -1.18. The lowest BCUT2D eigenvalue weighted by Crippen LogP contribution is -2.11. The minimum Gasteiger partial charge on any atom is -0.174 e. The van der Waals surface area contributed by atoms with Crippen molar-refractivity contribution < 1.29 is 8.78 Å². The molecule has 0 saturated heterocycles. The maximum Gasteiger partial charge on any atom is 0.266 e. The van der Waals surface area contributed by atoms with Gasteiger partial charge in [0.05, 0.1) is 0 Å². The lowest BCUT2D eigenvalue weighted by atomic mass is 9.78. The number of hydrogen-bond acceptors (Lipinski definition) is 0. The Morgan fingerprint density at radius 2 is 1.48 bits per heavy atom. The average molecular weight is 349 g/mol. The summed E-state index contributed by atoms with van der Waals surface area (Å²) in [6.07, 6.45) is 14.1. The van der Waals surface area contributed by atoms with E-state index in [9.17, 15) is 8.78 Å². The number of allylic oxidation sites excluding steroid dienone is 1. The van der Waals surface area contributed by atoms with Crippen molar-refractivity contribution in [1.29, 1.82) is 0 Å². The Balaban J connectivity index is 1.67. The Morgan fingerprint density at radius 3 is 2.08 bits per heavy atom. The smallest absolute Gasteiger partial charge is 0.174 e. The van der Waals surface area contributed by atoms with E-state index in [1.807, 2.05) is 0 Å². The zero-order valence-corrected chi connectivity index (χ0v) is 15.8. The van der Waals surface area contributed by atoms with Gasteiger partial charge in [-0.3, -0.25) is 0 Å². The van der Waals surface area contributed by atoms with Crippen molar-refractivity contribution in [1.82, 2.24) is 0 Å². The summed E-state index contributed by atoms with van der Waals surface area (Å²) in [5.41, 5.74) is 2.83. The summed E-state index contributed by atoms with van der Waals surface area (Å²) in [5, 5.41) is 0. The minimum absolute atomic E-state index is 0.0813. The van der Waals surface area contributed by atoms with Gasteiger partial charge in [-0.25, -0.2) is 0 Å². The van der Waals surface area contributed by atoms with E-state index in [-0.39, 0.29) is 5.92 Å². The Labute approximate surface area is 152 Å². The first-order valence-electron chi connectivity index (χ1n) is 10.3. The molecule has 140 valence electrons. The normalized spacial score (nSPS) is 20.4. The van der Waals surface area contributed by atoms with E-state index >= 15 is 0 Å². The molecule has 0 N–H and O–H groups in total. The molecule has 0 unspecified atom stereocenters. The molecule has 2 rings (SSSR count). The third-order valence-electron chi connectivity index (χ3n) is 5.65. The van der Waals surface area contributed by atoms with Gasteiger partial charge in [0.25, 0.3) is 6.08 Å². The molecule has 1 aliphatic rings. The monoisotopic (exact) mass is 348 g/mol. The van der Waals surface area contributed by atoms with Crippen molar-refractivity contribution in [2.24, 2.45) is 5.92 Å². The first-order valence-corrected chi connectivity index (χ1v) is 10.3. The molecule has 1 fully saturated rings. The minimum atomic E-state index is -1.52. The van der Waals surface area contributed by atoms with Crippen molar-refractivity contribution in [3.8, 4) is 0 Å². The van der Waals surface area contributed by atoms with Crippen LogP contribution in [-0.2, 0) is 6.42 Å². The van der Waals surface area contributed by atoms with Gasteiger partial charge >= 0.3 is 0 Å². The molecule has 0 radical (unpaired) electrons. The molecule has 0 atom stereocenters. The topological polar surface area (TPSA) is 0 Å². The predicted octanol–water partition coefficient (Wildman–Crippen LogP) is 8.03. The van der Waals surface area contributed by atoms with E-state index in [1.54, 1.807) is 0 Å². The third-order valence-corrected chi connectivity index (χ3v) is 5.65. The third kappa shape index (κ3) is 7.71. The maximum atomic E-state index is 12.3. The molecule has 25 heavy (non-hydrogen) atoms. The summed E-state index contributed by atoms with van der Waals surface area (Å²) in [4.78, 5) is 0. The summed E-state index contributed by atoms with van der Waals surface area (Å²) in [6, 6.07) is 9.10. The van der Waals surface area contributed by atoms with Crippen molar-refractivity contribution >= 4 is 0 Å². The van der Waals surface area contributed by atoms with Crippen molar-refractivity contribution in [3.05, 3.63) is 47.5 Å². The highest BCUT2D eigenvalue weighted by Gasteiger charge is 2.21. The number of benzene rings is 1. The van der Waals surface area contributed by atoms with Crippen LogP contribution in [-0.4, -0.2) is 0 Å². The van der Waals surface area contributed by atoms with Crippen molar-refractivity contribution in [2.75, 3.05) is 0 Å². The second-order valence-corrected chi connectivity index (χ2v) is 7.68. The molecule has 0 spiro atoms. The van der Waals surface area contributed by atoms with Gasteiger partial charge in [-0.2, -0.15) is 8.78 Å². The molecule has 1 aromatic carbocycles. The van der Waals surface area contributed by atoms with Gasteiger partial charge in [-0.15, -0.1) is 0 Å². The van der Waals surface area contributed by atoms with Crippen molar-refractivity contribution in [2.45, 2.75) is 89.9 Å². The van der Waals surface area contributed by atoms with E-state index in [1.165, 1.54) is 62.5 Å². The number of hydrogen-bond donors (Lipinski definition) is 0. The van der Waals surface area contributed by atoms with Gasteiger partial charge in [0.2, 0.25) is 0 Å². The van der Waals surface area contributed by atoms with Crippen LogP contribution in [0.4, 0.5) is 8.78 Å². The van der Waals surface area contributed by atoms with Crippen LogP contribution in [0.25, 0.3) is 0 Å². The highest BCUT2D eigenvalue weighted by molar-refractivity contribution is 5.26. The molecule has 0 amide bonds. The molecular formula is C23H34F2. The number of rotatable bonds is 10. The summed E-state index contributed by atoms with van der Waals surface area (Å²) in [6.45, 7) is 2.26. The van der Waals surface area contributed by atoms with Gasteiger partial charge in [0.1, 0.15) is 0 Å². The zero-order valence-electron chi connectivity index (χ0n) is 15.8. The standard InChI is InChI=1S/C23H34F2/c1-2-3-4-5-6-7-8-9-19-10-14-21(15-11-19)22-16-12-20(13-17-22)18-23(24)25/h10-11,14-15,18,20,22H,2-9,12-13,16-17H2,1H3. The number of unbranched alkanes of at least 4 members (excludes halogenated alkanes) is 6. The quantitative estimate of drug-likeness (QED) is 0.375. The van der Waals surface area contributed by atoms with Crippen molar-refractivity contribution in [3.63, 3.8) is 0 Å². The van der Waals surface area contributed by atoms with Gasteiger partial charge in [-0.1, -0.05) is 69.7 Å². The van der Waals surface area contributed by atoms with E-state index in [2.05, 4.69) is 31.2 Å². The summed E-state index contributed by atoms with van der Waals surface area (Å²) < 4.78 is 24.7. The highest BCUT2D eigenvalue weighted by Crippen LogP contribution is 2.36. The molecule has 1 saturated carbocycles. The first kappa shape index (κ1) is 20.1. The first-order chi connectivity index (χ1) is 12.2. The van der Waals surface area contributed by atoms with Crippen LogP contribution >= 0.6 is 0 Å². The Kier molecular flexibility index (Phi) is 9.21. The fourth-order valence-corrected chi connectivity index (χ4v) is 4.04. The second kappa shape index (κ2) is 11.4. The lowest BCUT2D eigenvalue weighted by molar-refractivity contribution is 0.351. The van der Waals surface area contributed by atoms with E-state index in [0.717, 1.165) is 31.8 Å². The van der Waals surface area contributed by atoms with E-state index in [0.29, 0.717) is 5.92 Å². The van der Waals surface area contributed by atoms with Crippen LogP contribution < -0.4 is 0 Å². The van der Waals surface area contributed by atoms with Gasteiger partial charge in [-0.05, 0) is 67.6 Å². The molecule has 0 heterocycles. The van der Waals surface area contributed by atoms with E-state index < -0.39 is 6.08 Å². The maximum absolute atomic E-state index is 12.3. The van der Waals surface area contributed by atoms with Crippen LogP contribution in [0.5, 0.6) is 0 Å². The zero-order chi connectivity index (χ0) is 17.9. The van der Waals surface area contributed by atoms with Gasteiger partial charge in [0.15, 0.2) is 0 Å². The SMILES string of the molecule is CCCCCCCCCc1ccc(C2CCC(C=C(F)F)CC2)cc1.